The highest BCUT2D eigenvalue weighted by molar-refractivity contribution is 5.67. The first-order valence-corrected chi connectivity index (χ1v) is 6.46. The van der Waals surface area contributed by atoms with Crippen molar-refractivity contribution in [2.75, 3.05) is 13.1 Å². The second-order valence-corrected chi connectivity index (χ2v) is 4.93. The van der Waals surface area contributed by atoms with E-state index in [2.05, 4.69) is 4.90 Å². The average molecular weight is 269 g/mol. The molecule has 5 heteroatoms. The molecule has 19 heavy (non-hydrogen) atoms. The zero-order valence-corrected chi connectivity index (χ0v) is 10.6. The molecule has 1 aliphatic heterocycles. The maximum Gasteiger partial charge on any atom is 0.304 e. The lowest BCUT2D eigenvalue weighted by molar-refractivity contribution is -0.138. The van der Waals surface area contributed by atoms with Gasteiger partial charge in [-0.15, -0.1) is 0 Å². The predicted octanol–water partition coefficient (Wildman–Crippen LogP) is 2.45. The normalized spacial score (nSPS) is 17.6. The van der Waals surface area contributed by atoms with Crippen molar-refractivity contribution in [1.29, 1.82) is 0 Å². The molecule has 3 nitrogen and oxygen atoms in total. The highest BCUT2D eigenvalue weighted by atomic mass is 19.1. The van der Waals surface area contributed by atoms with Gasteiger partial charge in [-0.1, -0.05) is 0 Å². The van der Waals surface area contributed by atoms with Crippen molar-refractivity contribution in [2.24, 2.45) is 0 Å². The number of benzene rings is 1. The summed E-state index contributed by atoms with van der Waals surface area (Å²) in [6, 6.07) is 3.05. The molecular weight excluding hydrogens is 252 g/mol. The van der Waals surface area contributed by atoms with Crippen LogP contribution in [-0.2, 0) is 11.2 Å². The zero-order chi connectivity index (χ0) is 13.8. The van der Waals surface area contributed by atoms with Gasteiger partial charge in [0.1, 0.15) is 11.6 Å². The van der Waals surface area contributed by atoms with Gasteiger partial charge in [-0.3, -0.25) is 9.69 Å². The Kier molecular flexibility index (Phi) is 4.47. The minimum Gasteiger partial charge on any atom is -0.481 e. The van der Waals surface area contributed by atoms with Crippen molar-refractivity contribution in [2.45, 2.75) is 31.7 Å². The number of nitrogens with zero attached hydrogens (tertiary/aromatic N) is 1. The molecule has 1 unspecified atom stereocenters. The smallest absolute Gasteiger partial charge is 0.304 e. The summed E-state index contributed by atoms with van der Waals surface area (Å²) in [6.07, 6.45) is 2.25. The SMILES string of the molecule is O=C(O)CC(Cc1cc(F)ccc1F)N1CCCC1. The average Bonchev–Trinajstić information content (AvgIpc) is 2.86. The molecule has 0 spiro atoms. The molecule has 0 amide bonds. The molecule has 0 saturated carbocycles. The van der Waals surface area contributed by atoms with Crippen LogP contribution in [0.2, 0.25) is 0 Å². The number of hydrogen-bond acceptors (Lipinski definition) is 2. The van der Waals surface area contributed by atoms with Crippen LogP contribution in [-0.4, -0.2) is 35.1 Å². The Bertz CT molecular complexity index is 459. The molecule has 1 heterocycles. The Hall–Kier alpha value is -1.49. The van der Waals surface area contributed by atoms with Gasteiger partial charge in [0.25, 0.3) is 0 Å². The van der Waals surface area contributed by atoms with E-state index in [4.69, 9.17) is 5.11 Å². The van der Waals surface area contributed by atoms with Crippen molar-refractivity contribution in [3.8, 4) is 0 Å². The minimum absolute atomic E-state index is 0.0457. The third-order valence-electron chi connectivity index (χ3n) is 3.53. The lowest BCUT2D eigenvalue weighted by Gasteiger charge is -2.26. The summed E-state index contributed by atoms with van der Waals surface area (Å²) in [5.41, 5.74) is 0.248. The van der Waals surface area contributed by atoms with E-state index in [1.54, 1.807) is 0 Å². The van der Waals surface area contributed by atoms with E-state index in [-0.39, 0.29) is 24.4 Å². The first-order chi connectivity index (χ1) is 9.06. The Morgan fingerprint density at radius 3 is 2.63 bits per heavy atom. The minimum atomic E-state index is -0.909. The lowest BCUT2D eigenvalue weighted by Crippen LogP contribution is -2.36. The summed E-state index contributed by atoms with van der Waals surface area (Å²) < 4.78 is 26.8. The van der Waals surface area contributed by atoms with Gasteiger partial charge in [-0.25, -0.2) is 8.78 Å². The van der Waals surface area contributed by atoms with E-state index in [1.807, 2.05) is 0 Å². The van der Waals surface area contributed by atoms with Crippen LogP contribution < -0.4 is 0 Å². The number of aliphatic carboxylic acids is 1. The molecule has 0 aliphatic carbocycles. The zero-order valence-electron chi connectivity index (χ0n) is 10.6. The van der Waals surface area contributed by atoms with Gasteiger partial charge < -0.3 is 5.11 Å². The first kappa shape index (κ1) is 13.9. The first-order valence-electron chi connectivity index (χ1n) is 6.46. The number of carboxylic acid groups (broad SMARTS) is 1. The number of likely N-dealkylation sites (tertiary alicyclic amines) is 1. The molecule has 1 aromatic rings. The van der Waals surface area contributed by atoms with Crippen LogP contribution in [0.3, 0.4) is 0 Å². The van der Waals surface area contributed by atoms with E-state index in [0.29, 0.717) is 0 Å². The summed E-state index contributed by atoms with van der Waals surface area (Å²) in [6.45, 7) is 1.66. The molecule has 1 aromatic carbocycles. The number of rotatable bonds is 5. The quantitative estimate of drug-likeness (QED) is 0.892. The predicted molar refractivity (Wildman–Crippen MR) is 66.9 cm³/mol. The Labute approximate surface area is 110 Å². The lowest BCUT2D eigenvalue weighted by atomic mass is 10.0. The molecule has 2 rings (SSSR count). The van der Waals surface area contributed by atoms with E-state index < -0.39 is 17.6 Å². The van der Waals surface area contributed by atoms with Crippen LogP contribution in [0, 0.1) is 11.6 Å². The van der Waals surface area contributed by atoms with Crippen molar-refractivity contribution >= 4 is 5.97 Å². The Morgan fingerprint density at radius 2 is 2.00 bits per heavy atom. The van der Waals surface area contributed by atoms with E-state index in [1.165, 1.54) is 0 Å². The highest BCUT2D eigenvalue weighted by Crippen LogP contribution is 2.20. The number of halogens is 2. The number of carboxylic acids is 1. The highest BCUT2D eigenvalue weighted by Gasteiger charge is 2.25. The van der Waals surface area contributed by atoms with Gasteiger partial charge >= 0.3 is 5.97 Å². The van der Waals surface area contributed by atoms with Crippen LogP contribution >= 0.6 is 0 Å². The van der Waals surface area contributed by atoms with Crippen LogP contribution in [0.4, 0.5) is 8.78 Å². The van der Waals surface area contributed by atoms with Gasteiger partial charge in [0.2, 0.25) is 0 Å². The number of carbonyl (C=O) groups is 1. The molecule has 0 bridgehead atoms. The van der Waals surface area contributed by atoms with E-state index in [9.17, 15) is 13.6 Å². The second kappa shape index (κ2) is 6.10. The molecule has 1 aliphatic rings. The fourth-order valence-electron chi connectivity index (χ4n) is 2.59. The van der Waals surface area contributed by atoms with Crippen molar-refractivity contribution in [1.82, 2.24) is 4.90 Å². The maximum absolute atomic E-state index is 13.6. The molecule has 0 radical (unpaired) electrons. The van der Waals surface area contributed by atoms with Gasteiger partial charge in [-0.2, -0.15) is 0 Å². The summed E-state index contributed by atoms with van der Waals surface area (Å²) >= 11 is 0. The molecule has 1 fully saturated rings. The van der Waals surface area contributed by atoms with Crippen molar-refractivity contribution in [3.05, 3.63) is 35.4 Å². The van der Waals surface area contributed by atoms with Crippen LogP contribution in [0.1, 0.15) is 24.8 Å². The fourth-order valence-corrected chi connectivity index (χ4v) is 2.59. The second-order valence-electron chi connectivity index (χ2n) is 4.93. The van der Waals surface area contributed by atoms with Gasteiger partial charge in [0.05, 0.1) is 6.42 Å². The standard InChI is InChI=1S/C14H17F2NO2/c15-11-3-4-13(16)10(7-11)8-12(9-14(18)19)17-5-1-2-6-17/h3-4,7,12H,1-2,5-6,8-9H2,(H,18,19). The number of hydrogen-bond donors (Lipinski definition) is 1. The van der Waals surface area contributed by atoms with Crippen LogP contribution in [0.15, 0.2) is 18.2 Å². The molecule has 104 valence electrons. The summed E-state index contributed by atoms with van der Waals surface area (Å²) in [7, 11) is 0. The largest absolute Gasteiger partial charge is 0.481 e. The van der Waals surface area contributed by atoms with Crippen molar-refractivity contribution in [3.63, 3.8) is 0 Å². The van der Waals surface area contributed by atoms with Crippen molar-refractivity contribution < 1.29 is 18.7 Å². The summed E-state index contributed by atoms with van der Waals surface area (Å²) in [5, 5.41) is 8.95. The molecular formula is C14H17F2NO2. The van der Waals surface area contributed by atoms with Crippen LogP contribution in [0.5, 0.6) is 0 Å². The summed E-state index contributed by atoms with van der Waals surface area (Å²) in [4.78, 5) is 13.0. The van der Waals surface area contributed by atoms with Gasteiger partial charge in [0, 0.05) is 6.04 Å². The molecule has 1 N–H and O–H groups in total. The topological polar surface area (TPSA) is 40.5 Å². The van der Waals surface area contributed by atoms with E-state index >= 15 is 0 Å². The Morgan fingerprint density at radius 1 is 1.32 bits per heavy atom. The molecule has 0 aromatic heterocycles. The fraction of sp³-hybridized carbons (Fsp3) is 0.500. The van der Waals surface area contributed by atoms with Gasteiger partial charge in [0.15, 0.2) is 0 Å². The maximum atomic E-state index is 13.6. The van der Waals surface area contributed by atoms with Crippen LogP contribution in [0.25, 0.3) is 0 Å². The molecule has 1 atom stereocenters. The monoisotopic (exact) mass is 269 g/mol. The third kappa shape index (κ3) is 3.73. The third-order valence-corrected chi connectivity index (χ3v) is 3.53. The molecule has 1 saturated heterocycles. The van der Waals surface area contributed by atoms with E-state index in [0.717, 1.165) is 44.1 Å². The Balaban J connectivity index is 2.14. The summed E-state index contributed by atoms with van der Waals surface area (Å²) in [5.74, 6) is -1.88. The van der Waals surface area contributed by atoms with Gasteiger partial charge in [-0.05, 0) is 56.1 Å².